The average molecular weight is 191 g/mol. The van der Waals surface area contributed by atoms with E-state index in [1.165, 1.54) is 0 Å². The summed E-state index contributed by atoms with van der Waals surface area (Å²) < 4.78 is 5.09. The van der Waals surface area contributed by atoms with Crippen LogP contribution in [-0.4, -0.2) is 24.1 Å². The molecule has 3 nitrogen and oxygen atoms in total. The van der Waals surface area contributed by atoms with Gasteiger partial charge in [0.1, 0.15) is 13.3 Å². The van der Waals surface area contributed by atoms with E-state index in [-0.39, 0.29) is 18.6 Å². The topological polar surface area (TPSA) is 29.5 Å². The molecule has 14 heavy (non-hydrogen) atoms. The molecule has 1 aliphatic heterocycles. The summed E-state index contributed by atoms with van der Waals surface area (Å²) in [6, 6.07) is 10.1. The molecule has 1 heterocycles. The van der Waals surface area contributed by atoms with E-state index in [4.69, 9.17) is 4.74 Å². The van der Waals surface area contributed by atoms with E-state index < -0.39 is 0 Å². The Balaban J connectivity index is 2.16. The summed E-state index contributed by atoms with van der Waals surface area (Å²) in [4.78, 5) is 13.1. The van der Waals surface area contributed by atoms with Gasteiger partial charge >= 0.3 is 0 Å². The van der Waals surface area contributed by atoms with Crippen LogP contribution in [0, 0.1) is 0 Å². The number of amides is 1. The van der Waals surface area contributed by atoms with Crippen LogP contribution in [0.25, 0.3) is 0 Å². The minimum atomic E-state index is 0.0707. The molecule has 0 spiro atoms. The van der Waals surface area contributed by atoms with Crippen molar-refractivity contribution >= 4 is 5.91 Å². The first kappa shape index (κ1) is 9.21. The second-order valence-corrected chi connectivity index (χ2v) is 3.43. The van der Waals surface area contributed by atoms with Crippen LogP contribution in [0.5, 0.6) is 0 Å². The summed E-state index contributed by atoms with van der Waals surface area (Å²) in [6.07, 6.45) is 0. The predicted molar refractivity (Wildman–Crippen MR) is 52.5 cm³/mol. The van der Waals surface area contributed by atoms with Crippen molar-refractivity contribution in [3.05, 3.63) is 35.9 Å². The molecule has 1 fully saturated rings. The van der Waals surface area contributed by atoms with Gasteiger partial charge in [0.2, 0.25) is 0 Å². The van der Waals surface area contributed by atoms with Gasteiger partial charge in [-0.1, -0.05) is 30.3 Å². The van der Waals surface area contributed by atoms with Crippen LogP contribution >= 0.6 is 0 Å². The van der Waals surface area contributed by atoms with Crippen LogP contribution in [-0.2, 0) is 9.53 Å². The standard InChI is InChI=1S/C11H13NO2/c1-9(10-5-3-2-4-6-10)12-8-14-7-11(12)13/h2-6,9H,7-8H2,1H3. The first-order valence-corrected chi connectivity index (χ1v) is 4.71. The number of ether oxygens (including phenoxy) is 1. The lowest BCUT2D eigenvalue weighted by molar-refractivity contribution is -0.128. The zero-order valence-electron chi connectivity index (χ0n) is 8.14. The maximum Gasteiger partial charge on any atom is 0.250 e. The van der Waals surface area contributed by atoms with E-state index in [0.717, 1.165) is 5.56 Å². The highest BCUT2D eigenvalue weighted by atomic mass is 16.5. The van der Waals surface area contributed by atoms with Crippen LogP contribution in [0.4, 0.5) is 0 Å². The summed E-state index contributed by atoms with van der Waals surface area (Å²) in [5.41, 5.74) is 1.14. The van der Waals surface area contributed by atoms with Gasteiger partial charge in [0.05, 0.1) is 6.04 Å². The van der Waals surface area contributed by atoms with E-state index in [1.807, 2.05) is 37.3 Å². The van der Waals surface area contributed by atoms with Gasteiger partial charge in [-0.15, -0.1) is 0 Å². The molecule has 2 rings (SSSR count). The monoisotopic (exact) mass is 191 g/mol. The molecule has 0 aliphatic carbocycles. The van der Waals surface area contributed by atoms with Crippen molar-refractivity contribution < 1.29 is 9.53 Å². The smallest absolute Gasteiger partial charge is 0.250 e. The Labute approximate surface area is 83.3 Å². The number of benzene rings is 1. The highest BCUT2D eigenvalue weighted by Crippen LogP contribution is 2.22. The maximum absolute atomic E-state index is 11.4. The molecule has 74 valence electrons. The van der Waals surface area contributed by atoms with E-state index in [0.29, 0.717) is 6.73 Å². The van der Waals surface area contributed by atoms with Crippen LogP contribution < -0.4 is 0 Å². The minimum Gasteiger partial charge on any atom is -0.351 e. The van der Waals surface area contributed by atoms with Crippen molar-refractivity contribution in [1.29, 1.82) is 0 Å². The van der Waals surface area contributed by atoms with Crippen molar-refractivity contribution in [1.82, 2.24) is 4.90 Å². The Kier molecular flexibility index (Phi) is 2.50. The molecular formula is C11H13NO2. The van der Waals surface area contributed by atoms with Crippen LogP contribution in [0.3, 0.4) is 0 Å². The van der Waals surface area contributed by atoms with Gasteiger partial charge in [-0.25, -0.2) is 0 Å². The molecule has 0 radical (unpaired) electrons. The molecule has 1 aliphatic rings. The first-order valence-electron chi connectivity index (χ1n) is 4.71. The Hall–Kier alpha value is -1.35. The van der Waals surface area contributed by atoms with Gasteiger partial charge in [-0.3, -0.25) is 4.79 Å². The van der Waals surface area contributed by atoms with Crippen LogP contribution in [0.2, 0.25) is 0 Å². The number of carbonyl (C=O) groups is 1. The number of hydrogen-bond donors (Lipinski definition) is 0. The molecule has 1 aromatic rings. The fourth-order valence-electron chi connectivity index (χ4n) is 1.63. The Morgan fingerprint density at radius 1 is 1.36 bits per heavy atom. The summed E-state index contributed by atoms with van der Waals surface area (Å²) in [5.74, 6) is 0.0707. The van der Waals surface area contributed by atoms with E-state index in [1.54, 1.807) is 4.90 Å². The van der Waals surface area contributed by atoms with Gasteiger partial charge < -0.3 is 9.64 Å². The van der Waals surface area contributed by atoms with Crippen molar-refractivity contribution in [3.63, 3.8) is 0 Å². The highest BCUT2D eigenvalue weighted by molar-refractivity contribution is 5.79. The van der Waals surface area contributed by atoms with Crippen molar-refractivity contribution in [3.8, 4) is 0 Å². The summed E-state index contributed by atoms with van der Waals surface area (Å²) in [5, 5.41) is 0. The van der Waals surface area contributed by atoms with E-state index in [9.17, 15) is 4.79 Å². The molecule has 0 aromatic heterocycles. The lowest BCUT2D eigenvalue weighted by Crippen LogP contribution is -2.28. The quantitative estimate of drug-likeness (QED) is 0.710. The van der Waals surface area contributed by atoms with Gasteiger partial charge in [0, 0.05) is 0 Å². The molecule has 3 heteroatoms. The zero-order valence-corrected chi connectivity index (χ0v) is 8.14. The Morgan fingerprint density at radius 2 is 2.07 bits per heavy atom. The summed E-state index contributed by atoms with van der Waals surface area (Å²) in [6.45, 7) is 2.65. The van der Waals surface area contributed by atoms with Crippen LogP contribution in [0.15, 0.2) is 30.3 Å². The highest BCUT2D eigenvalue weighted by Gasteiger charge is 2.26. The fourth-order valence-corrected chi connectivity index (χ4v) is 1.63. The van der Waals surface area contributed by atoms with Gasteiger partial charge in [0.15, 0.2) is 0 Å². The van der Waals surface area contributed by atoms with Gasteiger partial charge in [-0.2, -0.15) is 0 Å². The van der Waals surface area contributed by atoms with Crippen molar-refractivity contribution in [2.45, 2.75) is 13.0 Å². The summed E-state index contributed by atoms with van der Waals surface area (Å²) in [7, 11) is 0. The van der Waals surface area contributed by atoms with E-state index in [2.05, 4.69) is 0 Å². The largest absolute Gasteiger partial charge is 0.351 e. The second kappa shape index (κ2) is 3.80. The molecule has 1 aromatic carbocycles. The lowest BCUT2D eigenvalue weighted by atomic mass is 10.1. The SMILES string of the molecule is CC(c1ccccc1)N1COCC1=O. The molecule has 0 bridgehead atoms. The van der Waals surface area contributed by atoms with Crippen molar-refractivity contribution in [2.75, 3.05) is 13.3 Å². The normalized spacial score (nSPS) is 18.6. The second-order valence-electron chi connectivity index (χ2n) is 3.43. The third kappa shape index (κ3) is 1.63. The van der Waals surface area contributed by atoms with Gasteiger partial charge in [0.25, 0.3) is 5.91 Å². The van der Waals surface area contributed by atoms with Gasteiger partial charge in [-0.05, 0) is 12.5 Å². The minimum absolute atomic E-state index is 0.0707. The molecule has 1 unspecified atom stereocenters. The first-order chi connectivity index (χ1) is 6.79. The fraction of sp³-hybridized carbons (Fsp3) is 0.364. The Morgan fingerprint density at radius 3 is 2.64 bits per heavy atom. The Bertz CT molecular complexity index is 323. The third-order valence-electron chi connectivity index (χ3n) is 2.53. The molecule has 1 amide bonds. The zero-order chi connectivity index (χ0) is 9.97. The van der Waals surface area contributed by atoms with Crippen LogP contribution in [0.1, 0.15) is 18.5 Å². The molecular weight excluding hydrogens is 178 g/mol. The van der Waals surface area contributed by atoms with E-state index >= 15 is 0 Å². The number of carbonyl (C=O) groups excluding carboxylic acids is 1. The summed E-state index contributed by atoms with van der Waals surface area (Å²) >= 11 is 0. The third-order valence-corrected chi connectivity index (χ3v) is 2.53. The molecule has 0 saturated carbocycles. The molecule has 0 N–H and O–H groups in total. The average Bonchev–Trinajstić information content (AvgIpc) is 2.65. The predicted octanol–water partition coefficient (Wildman–Crippen LogP) is 1.56. The van der Waals surface area contributed by atoms with Crippen molar-refractivity contribution in [2.24, 2.45) is 0 Å². The molecule has 1 saturated heterocycles. The number of hydrogen-bond acceptors (Lipinski definition) is 2. The number of nitrogens with zero attached hydrogens (tertiary/aromatic N) is 1. The lowest BCUT2D eigenvalue weighted by Gasteiger charge is -2.22. The maximum atomic E-state index is 11.4. The molecule has 1 atom stereocenters. The number of rotatable bonds is 2.